The molecule has 6 nitrogen and oxygen atoms in total. The van der Waals surface area contributed by atoms with Crippen molar-refractivity contribution in [3.63, 3.8) is 0 Å². The van der Waals surface area contributed by atoms with Crippen molar-refractivity contribution in [2.75, 3.05) is 16.8 Å². The van der Waals surface area contributed by atoms with E-state index in [0.717, 1.165) is 5.56 Å². The van der Waals surface area contributed by atoms with Gasteiger partial charge in [-0.1, -0.05) is 0 Å². The molecular formula is C14H17N3O3S2. The lowest BCUT2D eigenvalue weighted by Gasteiger charge is -2.15. The summed E-state index contributed by atoms with van der Waals surface area (Å²) in [6.07, 6.45) is 2.11. The number of nitrogens with zero attached hydrogens (tertiary/aromatic N) is 2. The second-order valence-corrected chi connectivity index (χ2v) is 8.49. The molecule has 0 bridgehead atoms. The molecule has 2 aromatic rings. The van der Waals surface area contributed by atoms with E-state index in [1.807, 2.05) is 23.8 Å². The van der Waals surface area contributed by atoms with Crippen molar-refractivity contribution in [1.29, 1.82) is 0 Å². The van der Waals surface area contributed by atoms with Crippen LogP contribution in [-0.2, 0) is 14.6 Å². The van der Waals surface area contributed by atoms with E-state index in [2.05, 4.69) is 10.4 Å². The van der Waals surface area contributed by atoms with Crippen LogP contribution in [0.4, 0.5) is 5.82 Å². The minimum Gasteiger partial charge on any atom is -0.310 e. The summed E-state index contributed by atoms with van der Waals surface area (Å²) in [6, 6.07) is 3.42. The fourth-order valence-corrected chi connectivity index (χ4v) is 5.03. The molecule has 2 unspecified atom stereocenters. The van der Waals surface area contributed by atoms with Gasteiger partial charge >= 0.3 is 0 Å². The third-order valence-electron chi connectivity index (χ3n) is 3.91. The van der Waals surface area contributed by atoms with Crippen molar-refractivity contribution in [2.24, 2.45) is 0 Å². The van der Waals surface area contributed by atoms with Crippen LogP contribution in [0.3, 0.4) is 0 Å². The van der Waals surface area contributed by atoms with Gasteiger partial charge in [0.25, 0.3) is 0 Å². The number of hydrogen-bond acceptors (Lipinski definition) is 5. The van der Waals surface area contributed by atoms with Gasteiger partial charge in [0.2, 0.25) is 5.91 Å². The first kappa shape index (κ1) is 15.2. The molecule has 0 aliphatic carbocycles. The summed E-state index contributed by atoms with van der Waals surface area (Å²) in [5.74, 6) is 0.422. The van der Waals surface area contributed by atoms with Crippen molar-refractivity contribution in [1.82, 2.24) is 9.78 Å². The smallest absolute Gasteiger partial charge is 0.232 e. The maximum atomic E-state index is 12.3. The lowest BCUT2D eigenvalue weighted by atomic mass is 10.0. The Morgan fingerprint density at radius 2 is 2.32 bits per heavy atom. The van der Waals surface area contributed by atoms with Crippen LogP contribution in [0.5, 0.6) is 0 Å². The van der Waals surface area contributed by atoms with Crippen LogP contribution in [0.2, 0.25) is 0 Å². The second kappa shape index (κ2) is 5.85. The fourth-order valence-electron chi connectivity index (χ4n) is 2.58. The summed E-state index contributed by atoms with van der Waals surface area (Å²) >= 11 is 1.55. The van der Waals surface area contributed by atoms with Crippen LogP contribution >= 0.6 is 11.3 Å². The number of anilines is 1. The molecule has 2 atom stereocenters. The van der Waals surface area contributed by atoms with Gasteiger partial charge in [0.05, 0.1) is 29.7 Å². The molecule has 118 valence electrons. The predicted octanol–water partition coefficient (Wildman–Crippen LogP) is 2.05. The van der Waals surface area contributed by atoms with Gasteiger partial charge in [-0.15, -0.1) is 0 Å². The Morgan fingerprint density at radius 1 is 1.50 bits per heavy atom. The van der Waals surface area contributed by atoms with Gasteiger partial charge in [-0.25, -0.2) is 13.1 Å². The summed E-state index contributed by atoms with van der Waals surface area (Å²) in [7, 11) is -2.99. The van der Waals surface area contributed by atoms with Gasteiger partial charge in [-0.3, -0.25) is 4.79 Å². The van der Waals surface area contributed by atoms with E-state index in [9.17, 15) is 13.2 Å². The molecule has 1 aliphatic heterocycles. The minimum atomic E-state index is -2.99. The molecule has 0 radical (unpaired) electrons. The molecule has 1 fully saturated rings. The quantitative estimate of drug-likeness (QED) is 0.924. The Balaban J connectivity index is 1.74. The molecule has 0 spiro atoms. The Kier molecular flexibility index (Phi) is 4.05. The number of hydrogen-bond donors (Lipinski definition) is 1. The predicted molar refractivity (Wildman–Crippen MR) is 85.9 cm³/mol. The van der Waals surface area contributed by atoms with Gasteiger partial charge in [0.15, 0.2) is 9.84 Å². The zero-order valence-electron chi connectivity index (χ0n) is 12.1. The zero-order valence-corrected chi connectivity index (χ0v) is 13.7. The lowest BCUT2D eigenvalue weighted by Crippen LogP contribution is -2.22. The van der Waals surface area contributed by atoms with E-state index >= 15 is 0 Å². The molecule has 22 heavy (non-hydrogen) atoms. The van der Waals surface area contributed by atoms with E-state index in [1.165, 1.54) is 0 Å². The molecule has 1 amide bonds. The van der Waals surface area contributed by atoms with Crippen molar-refractivity contribution in [2.45, 2.75) is 25.3 Å². The zero-order chi connectivity index (χ0) is 15.7. The highest BCUT2D eigenvalue weighted by atomic mass is 32.2. The highest BCUT2D eigenvalue weighted by Crippen LogP contribution is 2.27. The summed E-state index contributed by atoms with van der Waals surface area (Å²) < 4.78 is 24.8. The lowest BCUT2D eigenvalue weighted by molar-refractivity contribution is -0.117. The summed E-state index contributed by atoms with van der Waals surface area (Å²) in [6.45, 7) is 1.85. The second-order valence-electron chi connectivity index (χ2n) is 5.49. The first-order valence-corrected chi connectivity index (χ1v) is 9.79. The molecule has 1 N–H and O–H groups in total. The number of nitrogens with one attached hydrogen (secondary N) is 1. The normalized spacial score (nSPS) is 21.6. The van der Waals surface area contributed by atoms with Crippen molar-refractivity contribution in [3.8, 4) is 0 Å². The van der Waals surface area contributed by atoms with Crippen molar-refractivity contribution < 1.29 is 13.2 Å². The average Bonchev–Trinajstić information content (AvgIpc) is 3.18. The van der Waals surface area contributed by atoms with Crippen LogP contribution < -0.4 is 5.32 Å². The number of thiophene rings is 1. The summed E-state index contributed by atoms with van der Waals surface area (Å²) in [4.78, 5) is 12.3. The molecule has 0 saturated carbocycles. The Bertz CT molecular complexity index is 765. The van der Waals surface area contributed by atoms with Gasteiger partial charge in [-0.2, -0.15) is 16.4 Å². The van der Waals surface area contributed by atoms with E-state index in [0.29, 0.717) is 12.2 Å². The van der Waals surface area contributed by atoms with Gasteiger partial charge < -0.3 is 5.32 Å². The standard InChI is InChI=1S/C14H17N3O3S2/c1-10(11-3-6-21-8-11)14(18)16-13-2-5-15-17(13)12-4-7-22(19,20)9-12/h2-3,5-6,8,10,12H,4,7,9H2,1H3,(H,16,18). The Morgan fingerprint density at radius 3 is 2.95 bits per heavy atom. The minimum absolute atomic E-state index is 0.0810. The number of aromatic nitrogens is 2. The van der Waals surface area contributed by atoms with E-state index < -0.39 is 9.84 Å². The maximum absolute atomic E-state index is 12.3. The number of sulfone groups is 1. The van der Waals surface area contributed by atoms with Gasteiger partial charge in [0, 0.05) is 6.07 Å². The third kappa shape index (κ3) is 3.07. The molecule has 3 rings (SSSR count). The fraction of sp³-hybridized carbons (Fsp3) is 0.429. The average molecular weight is 339 g/mol. The molecule has 0 aromatic carbocycles. The molecule has 2 aromatic heterocycles. The van der Waals surface area contributed by atoms with Crippen LogP contribution in [0.1, 0.15) is 30.9 Å². The monoisotopic (exact) mass is 339 g/mol. The van der Waals surface area contributed by atoms with Gasteiger partial charge in [0.1, 0.15) is 5.82 Å². The molecule has 1 saturated heterocycles. The van der Waals surface area contributed by atoms with Crippen LogP contribution in [0, 0.1) is 0 Å². The van der Waals surface area contributed by atoms with Crippen molar-refractivity contribution >= 4 is 32.9 Å². The highest BCUT2D eigenvalue weighted by Gasteiger charge is 2.31. The third-order valence-corrected chi connectivity index (χ3v) is 6.36. The van der Waals surface area contributed by atoms with E-state index in [-0.39, 0.29) is 29.4 Å². The largest absolute Gasteiger partial charge is 0.310 e. The van der Waals surface area contributed by atoms with Gasteiger partial charge in [-0.05, 0) is 35.7 Å². The Labute approximate surface area is 133 Å². The van der Waals surface area contributed by atoms with Crippen LogP contribution in [-0.4, -0.2) is 35.6 Å². The first-order chi connectivity index (χ1) is 10.5. The van der Waals surface area contributed by atoms with E-state index in [1.54, 1.807) is 28.3 Å². The summed E-state index contributed by atoms with van der Waals surface area (Å²) in [5, 5.41) is 10.9. The Hall–Kier alpha value is -1.67. The molecule has 1 aliphatic rings. The van der Waals surface area contributed by atoms with Crippen LogP contribution in [0.15, 0.2) is 29.1 Å². The topological polar surface area (TPSA) is 81.1 Å². The van der Waals surface area contributed by atoms with Crippen molar-refractivity contribution in [3.05, 3.63) is 34.7 Å². The van der Waals surface area contributed by atoms with E-state index in [4.69, 9.17) is 0 Å². The molecule has 3 heterocycles. The molecule has 8 heteroatoms. The number of rotatable bonds is 4. The SMILES string of the molecule is CC(C(=O)Nc1ccnn1C1CCS(=O)(=O)C1)c1ccsc1. The first-order valence-electron chi connectivity index (χ1n) is 7.03. The maximum Gasteiger partial charge on any atom is 0.232 e. The number of amides is 1. The molecular weight excluding hydrogens is 322 g/mol. The number of carbonyl (C=O) groups excluding carboxylic acids is 1. The number of carbonyl (C=O) groups is 1. The summed E-state index contributed by atoms with van der Waals surface area (Å²) in [5.41, 5.74) is 0.969. The van der Waals surface area contributed by atoms with Crippen LogP contribution in [0.25, 0.3) is 0 Å². The highest BCUT2D eigenvalue weighted by molar-refractivity contribution is 7.91.